The molecule has 0 atom stereocenters. The molecule has 0 unspecified atom stereocenters. The quantitative estimate of drug-likeness (QED) is 0.365. The molecule has 0 aromatic heterocycles. The summed E-state index contributed by atoms with van der Waals surface area (Å²) in [5, 5.41) is 1.56. The predicted molar refractivity (Wildman–Crippen MR) is 121 cm³/mol. The average molecular weight is 399 g/mol. The Hall–Kier alpha value is -1.86. The van der Waals surface area contributed by atoms with Crippen LogP contribution in [-0.2, 0) is 11.8 Å². The SMILES string of the molecule is C#Cc1ccc(C(C)(C)C)c(Cl)c1.C#Cc1ccc(CCCCC)c(Cl)c1. The molecule has 0 amide bonds. The summed E-state index contributed by atoms with van der Waals surface area (Å²) in [6.07, 6.45) is 15.3. The molecule has 0 fully saturated rings. The first-order valence-corrected chi connectivity index (χ1v) is 10.00. The van der Waals surface area contributed by atoms with Gasteiger partial charge in [0.1, 0.15) is 0 Å². The molecule has 0 aliphatic rings. The summed E-state index contributed by atoms with van der Waals surface area (Å²) in [4.78, 5) is 0. The number of hydrogen-bond donors (Lipinski definition) is 0. The van der Waals surface area contributed by atoms with E-state index in [1.54, 1.807) is 0 Å². The standard InChI is InChI=1S/C13H15Cl.C12H13Cl/c1-3-5-6-7-12-9-8-11(4-2)10-13(12)14;1-5-9-6-7-10(11(13)8-9)12(2,3)4/h2,8-10H,3,5-7H2,1H3;1,6-8H,2-4H3. The molecule has 2 aromatic carbocycles. The van der Waals surface area contributed by atoms with Crippen LogP contribution in [0.3, 0.4) is 0 Å². The summed E-state index contributed by atoms with van der Waals surface area (Å²) in [7, 11) is 0. The Balaban J connectivity index is 0.000000271. The Bertz CT molecular complexity index is 827. The van der Waals surface area contributed by atoms with E-state index in [0.29, 0.717) is 0 Å². The van der Waals surface area contributed by atoms with Crippen molar-refractivity contribution in [2.75, 3.05) is 0 Å². The lowest BCUT2D eigenvalue weighted by Crippen LogP contribution is -2.11. The lowest BCUT2D eigenvalue weighted by atomic mass is 9.86. The Morgan fingerprint density at radius 2 is 1.41 bits per heavy atom. The molecule has 0 radical (unpaired) electrons. The van der Waals surface area contributed by atoms with E-state index in [9.17, 15) is 0 Å². The first kappa shape index (κ1) is 23.2. The fraction of sp³-hybridized carbons (Fsp3) is 0.360. The van der Waals surface area contributed by atoms with E-state index < -0.39 is 0 Å². The molecule has 2 rings (SSSR count). The third kappa shape index (κ3) is 7.72. The maximum Gasteiger partial charge on any atom is 0.0455 e. The Kier molecular flexibility index (Phi) is 9.52. The Morgan fingerprint density at radius 3 is 1.85 bits per heavy atom. The third-order valence-electron chi connectivity index (χ3n) is 4.21. The zero-order chi connectivity index (χ0) is 20.4. The Labute approximate surface area is 175 Å². The van der Waals surface area contributed by atoms with Crippen molar-refractivity contribution in [1.82, 2.24) is 0 Å². The molecule has 0 aliphatic heterocycles. The van der Waals surface area contributed by atoms with Crippen molar-refractivity contribution in [3.05, 3.63) is 68.7 Å². The summed E-state index contributed by atoms with van der Waals surface area (Å²) < 4.78 is 0. The van der Waals surface area contributed by atoms with Crippen LogP contribution in [-0.4, -0.2) is 0 Å². The van der Waals surface area contributed by atoms with E-state index in [4.69, 9.17) is 36.0 Å². The van der Waals surface area contributed by atoms with Crippen LogP contribution in [0.5, 0.6) is 0 Å². The zero-order valence-corrected chi connectivity index (χ0v) is 18.2. The molecule has 2 heteroatoms. The molecular formula is C25H28Cl2. The van der Waals surface area contributed by atoms with Gasteiger partial charge in [-0.05, 0) is 53.6 Å². The smallest absolute Gasteiger partial charge is 0.0455 e. The van der Waals surface area contributed by atoms with E-state index >= 15 is 0 Å². The van der Waals surface area contributed by atoms with Gasteiger partial charge in [0.05, 0.1) is 0 Å². The molecule has 0 spiro atoms. The van der Waals surface area contributed by atoms with E-state index in [1.165, 1.54) is 24.8 Å². The van der Waals surface area contributed by atoms with Crippen LogP contribution in [0.1, 0.15) is 69.2 Å². The van der Waals surface area contributed by atoms with Gasteiger partial charge in [-0.15, -0.1) is 12.8 Å². The molecule has 0 bridgehead atoms. The number of unbranched alkanes of at least 4 members (excludes halogenated alkanes) is 2. The van der Waals surface area contributed by atoms with Gasteiger partial charge in [0.25, 0.3) is 0 Å². The summed E-state index contributed by atoms with van der Waals surface area (Å²) in [5.74, 6) is 5.14. The molecular weight excluding hydrogens is 371 g/mol. The maximum atomic E-state index is 6.10. The minimum absolute atomic E-state index is 0.0736. The first-order chi connectivity index (χ1) is 12.7. The van der Waals surface area contributed by atoms with Crippen molar-refractivity contribution >= 4 is 23.2 Å². The largest absolute Gasteiger partial charge is 0.115 e. The molecule has 142 valence electrons. The monoisotopic (exact) mass is 398 g/mol. The van der Waals surface area contributed by atoms with Crippen molar-refractivity contribution in [2.45, 2.75) is 58.8 Å². The van der Waals surface area contributed by atoms with E-state index in [-0.39, 0.29) is 5.41 Å². The molecule has 0 saturated heterocycles. The normalized spacial score (nSPS) is 10.4. The van der Waals surface area contributed by atoms with Gasteiger partial charge in [0, 0.05) is 21.2 Å². The Morgan fingerprint density at radius 1 is 0.852 bits per heavy atom. The molecule has 0 saturated carbocycles. The van der Waals surface area contributed by atoms with Gasteiger partial charge >= 0.3 is 0 Å². The van der Waals surface area contributed by atoms with Crippen LogP contribution >= 0.6 is 23.2 Å². The van der Waals surface area contributed by atoms with Crippen LogP contribution in [0.15, 0.2) is 36.4 Å². The van der Waals surface area contributed by atoms with Gasteiger partial charge in [0.2, 0.25) is 0 Å². The molecule has 27 heavy (non-hydrogen) atoms. The summed E-state index contributed by atoms with van der Waals surface area (Å²) >= 11 is 12.2. The average Bonchev–Trinajstić information content (AvgIpc) is 2.62. The van der Waals surface area contributed by atoms with Crippen molar-refractivity contribution in [2.24, 2.45) is 0 Å². The molecule has 0 N–H and O–H groups in total. The highest BCUT2D eigenvalue weighted by Crippen LogP contribution is 2.29. The number of benzene rings is 2. The number of rotatable bonds is 4. The van der Waals surface area contributed by atoms with Crippen LogP contribution in [0.25, 0.3) is 0 Å². The van der Waals surface area contributed by atoms with Crippen LogP contribution in [0, 0.1) is 24.7 Å². The van der Waals surface area contributed by atoms with Gasteiger partial charge in [0.15, 0.2) is 0 Å². The van der Waals surface area contributed by atoms with Gasteiger partial charge in [-0.2, -0.15) is 0 Å². The first-order valence-electron chi connectivity index (χ1n) is 9.24. The summed E-state index contributed by atoms with van der Waals surface area (Å²) in [6.45, 7) is 8.58. The van der Waals surface area contributed by atoms with E-state index in [0.717, 1.165) is 33.2 Å². The minimum Gasteiger partial charge on any atom is -0.115 e. The fourth-order valence-electron chi connectivity index (χ4n) is 2.62. The summed E-state index contributed by atoms with van der Waals surface area (Å²) in [5.41, 5.74) is 4.10. The second kappa shape index (κ2) is 11.1. The molecule has 0 aliphatic carbocycles. The number of hydrogen-bond acceptors (Lipinski definition) is 0. The van der Waals surface area contributed by atoms with Crippen molar-refractivity contribution in [3.63, 3.8) is 0 Å². The molecule has 0 heterocycles. The lowest BCUT2D eigenvalue weighted by Gasteiger charge is -2.20. The van der Waals surface area contributed by atoms with Crippen molar-refractivity contribution in [1.29, 1.82) is 0 Å². The maximum absolute atomic E-state index is 6.10. The number of halogens is 2. The van der Waals surface area contributed by atoms with Crippen LogP contribution < -0.4 is 0 Å². The van der Waals surface area contributed by atoms with Gasteiger partial charge < -0.3 is 0 Å². The van der Waals surface area contributed by atoms with Crippen LogP contribution in [0.2, 0.25) is 10.0 Å². The highest BCUT2D eigenvalue weighted by atomic mass is 35.5. The highest BCUT2D eigenvalue weighted by molar-refractivity contribution is 6.31. The van der Waals surface area contributed by atoms with Gasteiger partial charge in [-0.25, -0.2) is 0 Å². The molecule has 2 aromatic rings. The van der Waals surface area contributed by atoms with Gasteiger partial charge in [-0.1, -0.05) is 87.7 Å². The minimum atomic E-state index is 0.0736. The fourth-order valence-corrected chi connectivity index (χ4v) is 3.36. The number of terminal acetylenes is 2. The second-order valence-corrected chi connectivity index (χ2v) is 8.31. The van der Waals surface area contributed by atoms with Gasteiger partial charge in [-0.3, -0.25) is 0 Å². The molecule has 0 nitrogen and oxygen atoms in total. The highest BCUT2D eigenvalue weighted by Gasteiger charge is 2.16. The van der Waals surface area contributed by atoms with E-state index in [2.05, 4.69) is 39.5 Å². The van der Waals surface area contributed by atoms with E-state index in [1.807, 2.05) is 36.4 Å². The third-order valence-corrected chi connectivity index (χ3v) is 4.88. The predicted octanol–water partition coefficient (Wildman–Crippen LogP) is 7.67. The zero-order valence-electron chi connectivity index (χ0n) is 16.7. The van der Waals surface area contributed by atoms with Crippen molar-refractivity contribution in [3.8, 4) is 24.7 Å². The van der Waals surface area contributed by atoms with Crippen LogP contribution in [0.4, 0.5) is 0 Å². The summed E-state index contributed by atoms with van der Waals surface area (Å²) in [6, 6.07) is 11.6. The lowest BCUT2D eigenvalue weighted by molar-refractivity contribution is 0.590. The topological polar surface area (TPSA) is 0 Å². The van der Waals surface area contributed by atoms with Crippen molar-refractivity contribution < 1.29 is 0 Å². The number of aryl methyl sites for hydroxylation is 1. The second-order valence-electron chi connectivity index (χ2n) is 7.50.